The molecule has 7 heteroatoms. The molecule has 0 bridgehead atoms. The fourth-order valence-corrected chi connectivity index (χ4v) is 5.78. The minimum absolute atomic E-state index is 0.0106. The summed E-state index contributed by atoms with van der Waals surface area (Å²) >= 11 is 0. The van der Waals surface area contributed by atoms with Gasteiger partial charge in [0.25, 0.3) is 0 Å². The quantitative estimate of drug-likeness (QED) is 0.500. The number of hydrogen-bond acceptors (Lipinski definition) is 4. The number of carbonyl (C=O) groups excluding carboxylic acids is 2. The fraction of sp³-hybridized carbons (Fsp3) is 0.464. The molecule has 3 atom stereocenters. The molecule has 3 N–H and O–H groups in total. The van der Waals surface area contributed by atoms with Crippen molar-refractivity contribution in [3.05, 3.63) is 59.7 Å². The Morgan fingerprint density at radius 3 is 2.20 bits per heavy atom. The molecule has 2 fully saturated rings. The van der Waals surface area contributed by atoms with Crippen LogP contribution in [0.5, 0.6) is 0 Å². The lowest BCUT2D eigenvalue weighted by atomic mass is 9.95. The van der Waals surface area contributed by atoms with Gasteiger partial charge in [-0.05, 0) is 53.4 Å². The molecule has 2 aromatic carbocycles. The van der Waals surface area contributed by atoms with Gasteiger partial charge in [-0.3, -0.25) is 9.59 Å². The summed E-state index contributed by atoms with van der Waals surface area (Å²) in [5, 5.41) is 14.9. The number of hydrogen-bond donors (Lipinski definition) is 3. The highest BCUT2D eigenvalue weighted by Crippen LogP contribution is 2.44. The SMILES string of the molecule is O=C(CC(NC(=O)OCC1c2ccccc2-c2ccccc21)C1CCCC1)NCC1CC1C(=O)O. The molecule has 5 rings (SSSR count). The van der Waals surface area contributed by atoms with Crippen LogP contribution in [0, 0.1) is 17.8 Å². The lowest BCUT2D eigenvalue weighted by molar-refractivity contribution is -0.139. The number of ether oxygens (including phenoxy) is 1. The standard InChI is InChI=1S/C28H32N2O5/c31-26(29-15-18-13-23(18)27(32)33)14-25(17-7-1-2-8-17)30-28(34)35-16-24-21-11-5-3-9-19(21)20-10-4-6-12-22(20)24/h3-6,9-12,17-18,23-25H,1-2,7-8,13-16H2,(H,29,31)(H,30,34)(H,32,33). The molecule has 3 aliphatic carbocycles. The minimum Gasteiger partial charge on any atom is -0.481 e. The van der Waals surface area contributed by atoms with Crippen LogP contribution in [-0.4, -0.2) is 42.3 Å². The Labute approximate surface area is 205 Å². The lowest BCUT2D eigenvalue weighted by Crippen LogP contribution is -2.44. The molecule has 7 nitrogen and oxygen atoms in total. The van der Waals surface area contributed by atoms with Crippen molar-refractivity contribution in [2.45, 2.75) is 50.5 Å². The van der Waals surface area contributed by atoms with Gasteiger partial charge in [0.1, 0.15) is 6.61 Å². The molecule has 3 unspecified atom stereocenters. The predicted molar refractivity (Wildman–Crippen MR) is 131 cm³/mol. The Bertz CT molecular complexity index is 1060. The number of carboxylic acids is 1. The first-order chi connectivity index (χ1) is 17.0. The molecule has 0 saturated heterocycles. The molecule has 0 heterocycles. The van der Waals surface area contributed by atoms with Crippen LogP contribution in [0.3, 0.4) is 0 Å². The number of carboxylic acid groups (broad SMARTS) is 1. The summed E-state index contributed by atoms with van der Waals surface area (Å²) in [6.07, 6.45) is 4.44. The van der Waals surface area contributed by atoms with Gasteiger partial charge in [0, 0.05) is 24.9 Å². The van der Waals surface area contributed by atoms with Gasteiger partial charge in [-0.1, -0.05) is 61.4 Å². The molecule has 3 aliphatic rings. The molecule has 2 saturated carbocycles. The Balaban J connectivity index is 1.17. The molecular weight excluding hydrogens is 444 g/mol. The summed E-state index contributed by atoms with van der Waals surface area (Å²) in [5.74, 6) is -1.06. The summed E-state index contributed by atoms with van der Waals surface area (Å²) < 4.78 is 5.71. The van der Waals surface area contributed by atoms with E-state index in [9.17, 15) is 14.4 Å². The fourth-order valence-electron chi connectivity index (χ4n) is 5.78. The van der Waals surface area contributed by atoms with Gasteiger partial charge >= 0.3 is 12.1 Å². The van der Waals surface area contributed by atoms with Crippen molar-refractivity contribution in [2.75, 3.05) is 13.2 Å². The van der Waals surface area contributed by atoms with Crippen LogP contribution in [-0.2, 0) is 14.3 Å². The molecule has 0 radical (unpaired) electrons. The summed E-state index contributed by atoms with van der Waals surface area (Å²) in [4.78, 5) is 36.4. The van der Waals surface area contributed by atoms with E-state index in [-0.39, 0.29) is 48.6 Å². The van der Waals surface area contributed by atoms with E-state index in [1.165, 1.54) is 11.1 Å². The van der Waals surface area contributed by atoms with Crippen LogP contribution in [0.15, 0.2) is 48.5 Å². The largest absolute Gasteiger partial charge is 0.481 e. The van der Waals surface area contributed by atoms with Crippen LogP contribution < -0.4 is 10.6 Å². The number of rotatable bonds is 9. The van der Waals surface area contributed by atoms with Crippen LogP contribution in [0.25, 0.3) is 11.1 Å². The number of amides is 2. The second-order valence-electron chi connectivity index (χ2n) is 10.1. The van der Waals surface area contributed by atoms with Crippen LogP contribution in [0.1, 0.15) is 55.6 Å². The number of alkyl carbamates (subject to hydrolysis) is 1. The van der Waals surface area contributed by atoms with E-state index in [1.54, 1.807) is 0 Å². The Kier molecular flexibility index (Phi) is 6.75. The molecular formula is C28H32N2O5. The molecule has 2 aromatic rings. The van der Waals surface area contributed by atoms with E-state index in [1.807, 2.05) is 24.3 Å². The molecule has 0 aromatic heterocycles. The van der Waals surface area contributed by atoms with Crippen LogP contribution >= 0.6 is 0 Å². The third-order valence-electron chi connectivity index (χ3n) is 7.82. The predicted octanol–water partition coefficient (Wildman–Crippen LogP) is 4.31. The molecule has 184 valence electrons. The van der Waals surface area contributed by atoms with Crippen LogP contribution in [0.4, 0.5) is 4.79 Å². The maximum Gasteiger partial charge on any atom is 0.407 e. The van der Waals surface area contributed by atoms with Gasteiger partial charge in [0.2, 0.25) is 5.91 Å². The van der Waals surface area contributed by atoms with Crippen molar-refractivity contribution in [2.24, 2.45) is 17.8 Å². The van der Waals surface area contributed by atoms with Crippen molar-refractivity contribution in [3.8, 4) is 11.1 Å². The first-order valence-corrected chi connectivity index (χ1v) is 12.6. The maximum atomic E-state index is 12.8. The Morgan fingerprint density at radius 2 is 1.60 bits per heavy atom. The van der Waals surface area contributed by atoms with Crippen molar-refractivity contribution in [1.29, 1.82) is 0 Å². The first kappa shape index (κ1) is 23.4. The van der Waals surface area contributed by atoms with Gasteiger partial charge in [-0.2, -0.15) is 0 Å². The van der Waals surface area contributed by atoms with E-state index < -0.39 is 12.1 Å². The zero-order valence-electron chi connectivity index (χ0n) is 19.7. The van der Waals surface area contributed by atoms with E-state index in [0.29, 0.717) is 13.0 Å². The second kappa shape index (κ2) is 10.1. The summed E-state index contributed by atoms with van der Waals surface area (Å²) in [7, 11) is 0. The second-order valence-corrected chi connectivity index (χ2v) is 10.1. The normalized spacial score (nSPS) is 21.6. The molecule has 35 heavy (non-hydrogen) atoms. The first-order valence-electron chi connectivity index (χ1n) is 12.6. The lowest BCUT2D eigenvalue weighted by Gasteiger charge is -2.24. The monoisotopic (exact) mass is 476 g/mol. The number of fused-ring (bicyclic) bond motifs is 3. The average Bonchev–Trinajstić information content (AvgIpc) is 3.30. The zero-order chi connectivity index (χ0) is 24.4. The Hall–Kier alpha value is -3.35. The van der Waals surface area contributed by atoms with Gasteiger partial charge in [0.15, 0.2) is 0 Å². The van der Waals surface area contributed by atoms with Crippen LogP contribution in [0.2, 0.25) is 0 Å². The minimum atomic E-state index is -0.801. The summed E-state index contributed by atoms with van der Waals surface area (Å²) in [5.41, 5.74) is 4.68. The summed E-state index contributed by atoms with van der Waals surface area (Å²) in [6, 6.07) is 16.1. The smallest absolute Gasteiger partial charge is 0.407 e. The van der Waals surface area contributed by atoms with E-state index in [2.05, 4.69) is 34.9 Å². The maximum absolute atomic E-state index is 12.8. The average molecular weight is 477 g/mol. The summed E-state index contributed by atoms with van der Waals surface area (Å²) in [6.45, 7) is 0.611. The highest BCUT2D eigenvalue weighted by molar-refractivity contribution is 5.80. The molecule has 0 aliphatic heterocycles. The van der Waals surface area contributed by atoms with E-state index in [0.717, 1.165) is 36.8 Å². The third kappa shape index (κ3) is 5.19. The number of aliphatic carboxylic acids is 1. The topological polar surface area (TPSA) is 105 Å². The third-order valence-corrected chi connectivity index (χ3v) is 7.82. The van der Waals surface area contributed by atoms with Crippen molar-refractivity contribution >= 4 is 18.0 Å². The van der Waals surface area contributed by atoms with E-state index in [4.69, 9.17) is 9.84 Å². The van der Waals surface area contributed by atoms with Crippen molar-refractivity contribution in [3.63, 3.8) is 0 Å². The van der Waals surface area contributed by atoms with Gasteiger partial charge in [0.05, 0.1) is 5.92 Å². The zero-order valence-corrected chi connectivity index (χ0v) is 19.7. The number of nitrogens with one attached hydrogen (secondary N) is 2. The van der Waals surface area contributed by atoms with Crippen molar-refractivity contribution in [1.82, 2.24) is 10.6 Å². The number of benzene rings is 2. The van der Waals surface area contributed by atoms with Gasteiger partial charge in [-0.15, -0.1) is 0 Å². The molecule has 2 amide bonds. The van der Waals surface area contributed by atoms with E-state index >= 15 is 0 Å². The Morgan fingerprint density at radius 1 is 0.971 bits per heavy atom. The van der Waals surface area contributed by atoms with Gasteiger partial charge in [-0.25, -0.2) is 4.79 Å². The number of carbonyl (C=O) groups is 3. The van der Waals surface area contributed by atoms with Crippen molar-refractivity contribution < 1.29 is 24.2 Å². The molecule has 0 spiro atoms. The highest BCUT2D eigenvalue weighted by Gasteiger charge is 2.43. The van der Waals surface area contributed by atoms with Gasteiger partial charge < -0.3 is 20.5 Å². The highest BCUT2D eigenvalue weighted by atomic mass is 16.5.